The van der Waals surface area contributed by atoms with Crippen LogP contribution in [0.1, 0.15) is 41.5 Å². The van der Waals surface area contributed by atoms with Crippen molar-refractivity contribution in [1.82, 2.24) is 24.6 Å². The summed E-state index contributed by atoms with van der Waals surface area (Å²) < 4.78 is 7.37. The summed E-state index contributed by atoms with van der Waals surface area (Å²) in [5.41, 5.74) is 2.80. The number of para-hydroxylation sites is 1. The van der Waals surface area contributed by atoms with Crippen LogP contribution in [0, 0.1) is 0 Å². The number of hydrogen-bond acceptors (Lipinski definition) is 6. The Morgan fingerprint density at radius 1 is 0.951 bits per heavy atom. The number of thioether (sulfide) groups is 1. The van der Waals surface area contributed by atoms with Gasteiger partial charge in [-0.25, -0.2) is 0 Å². The molecule has 212 valence electrons. The Balaban J connectivity index is 1.15. The number of benzene rings is 3. The van der Waals surface area contributed by atoms with E-state index in [1.807, 2.05) is 65.3 Å². The predicted molar refractivity (Wildman–Crippen MR) is 161 cm³/mol. The third kappa shape index (κ3) is 6.97. The van der Waals surface area contributed by atoms with Crippen LogP contribution in [-0.4, -0.2) is 74.9 Å². The van der Waals surface area contributed by atoms with Crippen molar-refractivity contribution in [2.75, 3.05) is 32.5 Å². The van der Waals surface area contributed by atoms with Gasteiger partial charge in [0, 0.05) is 55.5 Å². The molecule has 9 heteroatoms. The van der Waals surface area contributed by atoms with Crippen molar-refractivity contribution in [2.24, 2.45) is 0 Å². The molecule has 41 heavy (non-hydrogen) atoms. The Labute approximate surface area is 245 Å². The minimum Gasteiger partial charge on any atom is -0.497 e. The number of aromatic nitrogens is 3. The minimum absolute atomic E-state index is 0.0333. The Morgan fingerprint density at radius 3 is 2.44 bits per heavy atom. The first-order valence-electron chi connectivity index (χ1n) is 13.9. The van der Waals surface area contributed by atoms with Crippen molar-refractivity contribution in [3.05, 3.63) is 102 Å². The van der Waals surface area contributed by atoms with Gasteiger partial charge < -0.3 is 14.5 Å². The summed E-state index contributed by atoms with van der Waals surface area (Å²) in [6.07, 6.45) is 1.88. The van der Waals surface area contributed by atoms with Gasteiger partial charge in [-0.2, -0.15) is 0 Å². The van der Waals surface area contributed by atoms with Crippen LogP contribution in [0.4, 0.5) is 0 Å². The highest BCUT2D eigenvalue weighted by atomic mass is 32.2. The molecule has 1 aliphatic rings. The Bertz CT molecular complexity index is 1460. The zero-order valence-corrected chi connectivity index (χ0v) is 24.3. The molecule has 1 aliphatic heterocycles. The van der Waals surface area contributed by atoms with Gasteiger partial charge >= 0.3 is 0 Å². The second-order valence-corrected chi connectivity index (χ2v) is 11.2. The molecule has 2 amide bonds. The molecule has 0 aliphatic carbocycles. The first kappa shape index (κ1) is 28.4. The topological polar surface area (TPSA) is 80.6 Å². The van der Waals surface area contributed by atoms with Gasteiger partial charge in [0.1, 0.15) is 11.6 Å². The van der Waals surface area contributed by atoms with Gasteiger partial charge in [-0.1, -0.05) is 66.4 Å². The molecule has 0 bridgehead atoms. The molecule has 2 heterocycles. The maximum atomic E-state index is 13.1. The number of methoxy groups -OCH3 is 1. The normalized spacial score (nSPS) is 15.1. The second kappa shape index (κ2) is 13.5. The quantitative estimate of drug-likeness (QED) is 0.195. The van der Waals surface area contributed by atoms with Crippen LogP contribution in [0.15, 0.2) is 90.1 Å². The number of carbonyl (C=O) groups excluding carboxylic acids is 2. The van der Waals surface area contributed by atoms with Crippen molar-refractivity contribution in [3.63, 3.8) is 0 Å². The van der Waals surface area contributed by atoms with Crippen molar-refractivity contribution in [2.45, 2.75) is 37.4 Å². The Morgan fingerprint density at radius 2 is 1.71 bits per heavy atom. The fraction of sp³-hybridized carbons (Fsp3) is 0.312. The number of ether oxygens (including phenoxy) is 1. The molecular weight excluding hydrogens is 534 g/mol. The van der Waals surface area contributed by atoms with E-state index in [0.29, 0.717) is 43.8 Å². The Kier molecular flexibility index (Phi) is 9.36. The highest BCUT2D eigenvalue weighted by Crippen LogP contribution is 2.25. The maximum absolute atomic E-state index is 13.1. The van der Waals surface area contributed by atoms with Crippen molar-refractivity contribution >= 4 is 23.6 Å². The first-order valence-corrected chi connectivity index (χ1v) is 14.9. The molecule has 0 N–H and O–H groups in total. The highest BCUT2D eigenvalue weighted by molar-refractivity contribution is 7.99. The average molecular weight is 570 g/mol. The van der Waals surface area contributed by atoms with Crippen LogP contribution in [0.5, 0.6) is 5.75 Å². The lowest BCUT2D eigenvalue weighted by molar-refractivity contribution is -0.133. The predicted octanol–water partition coefficient (Wildman–Crippen LogP) is 5.11. The molecule has 0 spiro atoms. The monoisotopic (exact) mass is 569 g/mol. The van der Waals surface area contributed by atoms with Crippen molar-refractivity contribution < 1.29 is 14.3 Å². The number of carbonyl (C=O) groups is 2. The Hall–Kier alpha value is -4.11. The zero-order valence-electron chi connectivity index (χ0n) is 23.5. The molecule has 8 nitrogen and oxygen atoms in total. The summed E-state index contributed by atoms with van der Waals surface area (Å²) in [7, 11) is 1.59. The largest absolute Gasteiger partial charge is 0.497 e. The van der Waals surface area contributed by atoms with E-state index in [1.54, 1.807) is 31.0 Å². The third-order valence-corrected chi connectivity index (χ3v) is 8.26. The summed E-state index contributed by atoms with van der Waals surface area (Å²) in [4.78, 5) is 29.9. The van der Waals surface area contributed by atoms with E-state index < -0.39 is 0 Å². The molecule has 3 aromatic carbocycles. The molecule has 1 aromatic heterocycles. The van der Waals surface area contributed by atoms with Crippen molar-refractivity contribution in [1.29, 1.82) is 0 Å². The number of amides is 2. The van der Waals surface area contributed by atoms with Gasteiger partial charge in [0.15, 0.2) is 5.16 Å². The molecule has 0 radical (unpaired) electrons. The molecule has 5 rings (SSSR count). The molecule has 1 atom stereocenters. The highest BCUT2D eigenvalue weighted by Gasteiger charge is 2.30. The fourth-order valence-electron chi connectivity index (χ4n) is 5.08. The smallest absolute Gasteiger partial charge is 0.254 e. The molecule has 4 aromatic rings. The van der Waals surface area contributed by atoms with E-state index in [-0.39, 0.29) is 17.9 Å². The minimum atomic E-state index is -0.0618. The molecule has 1 fully saturated rings. The average Bonchev–Trinajstić information content (AvgIpc) is 3.41. The molecule has 1 unspecified atom stereocenters. The molecule has 0 saturated carbocycles. The van der Waals surface area contributed by atoms with E-state index in [1.165, 1.54) is 5.56 Å². The van der Waals surface area contributed by atoms with Crippen LogP contribution in [0.2, 0.25) is 0 Å². The standard InChI is InChI=1S/C32H35N5O3S/c1-24-23-35(18-19-36(24)31(39)26-13-9-16-28(22-26)40-2)30(38)17-10-20-41-32-34-33-29(21-25-11-5-3-6-12-25)37(32)27-14-7-4-8-15-27/h3-9,11-16,22,24H,10,17-21,23H2,1-2H3. The van der Waals surface area contributed by atoms with Crippen LogP contribution < -0.4 is 4.74 Å². The van der Waals surface area contributed by atoms with Crippen LogP contribution >= 0.6 is 11.8 Å². The third-order valence-electron chi connectivity index (χ3n) is 7.24. The lowest BCUT2D eigenvalue weighted by Crippen LogP contribution is -2.55. The number of nitrogens with zero attached hydrogens (tertiary/aromatic N) is 5. The van der Waals surface area contributed by atoms with E-state index in [9.17, 15) is 9.59 Å². The fourth-order valence-corrected chi connectivity index (χ4v) is 5.99. The summed E-state index contributed by atoms with van der Waals surface area (Å²) in [6, 6.07) is 27.6. The number of hydrogen-bond donors (Lipinski definition) is 0. The SMILES string of the molecule is COc1cccc(C(=O)N2CCN(C(=O)CCCSc3nnc(Cc4ccccc4)n3-c3ccccc3)CC2C)c1. The van der Waals surface area contributed by atoms with Gasteiger partial charge in [-0.05, 0) is 49.2 Å². The van der Waals surface area contributed by atoms with E-state index in [2.05, 4.69) is 39.0 Å². The molecular formula is C32H35N5O3S. The van der Waals surface area contributed by atoms with Crippen LogP contribution in [-0.2, 0) is 11.2 Å². The van der Waals surface area contributed by atoms with Crippen LogP contribution in [0.3, 0.4) is 0 Å². The van der Waals surface area contributed by atoms with E-state index >= 15 is 0 Å². The molecule has 1 saturated heterocycles. The van der Waals surface area contributed by atoms with Crippen LogP contribution in [0.25, 0.3) is 5.69 Å². The number of piperazine rings is 1. The lowest BCUT2D eigenvalue weighted by atomic mass is 10.1. The van der Waals surface area contributed by atoms with Gasteiger partial charge in [-0.15, -0.1) is 10.2 Å². The summed E-state index contributed by atoms with van der Waals surface area (Å²) in [5.74, 6) is 2.39. The maximum Gasteiger partial charge on any atom is 0.254 e. The van der Waals surface area contributed by atoms with E-state index in [0.717, 1.165) is 28.8 Å². The van der Waals surface area contributed by atoms with Gasteiger partial charge in [0.2, 0.25) is 5.91 Å². The zero-order chi connectivity index (χ0) is 28.6. The second-order valence-electron chi connectivity index (χ2n) is 10.1. The van der Waals surface area contributed by atoms with Gasteiger partial charge in [0.05, 0.1) is 7.11 Å². The summed E-state index contributed by atoms with van der Waals surface area (Å²) in [5, 5.41) is 9.84. The van der Waals surface area contributed by atoms with Gasteiger partial charge in [0.25, 0.3) is 5.91 Å². The van der Waals surface area contributed by atoms with Gasteiger partial charge in [-0.3, -0.25) is 14.2 Å². The summed E-state index contributed by atoms with van der Waals surface area (Å²) in [6.45, 7) is 3.59. The first-order chi connectivity index (χ1) is 20.0. The van der Waals surface area contributed by atoms with E-state index in [4.69, 9.17) is 4.74 Å². The van der Waals surface area contributed by atoms with Crippen molar-refractivity contribution in [3.8, 4) is 11.4 Å². The summed E-state index contributed by atoms with van der Waals surface area (Å²) >= 11 is 1.62. The number of rotatable bonds is 10. The lowest BCUT2D eigenvalue weighted by Gasteiger charge is -2.40.